The third-order valence-electron chi connectivity index (χ3n) is 4.01. The molecule has 0 radical (unpaired) electrons. The van der Waals surface area contributed by atoms with Crippen molar-refractivity contribution in [2.24, 2.45) is 0 Å². The molecule has 1 aliphatic heterocycles. The zero-order valence-corrected chi connectivity index (χ0v) is 11.4. The number of aldehydes is 1. The van der Waals surface area contributed by atoms with Crippen LogP contribution < -0.4 is 0 Å². The molecule has 2 aromatic heterocycles. The number of imidazole rings is 1. The summed E-state index contributed by atoms with van der Waals surface area (Å²) in [7, 11) is 0. The van der Waals surface area contributed by atoms with E-state index in [1.807, 2.05) is 24.5 Å². The van der Waals surface area contributed by atoms with Crippen molar-refractivity contribution in [3.05, 3.63) is 35.9 Å². The predicted octanol–water partition coefficient (Wildman–Crippen LogP) is 2.69. The van der Waals surface area contributed by atoms with Gasteiger partial charge in [0.2, 0.25) is 0 Å². The summed E-state index contributed by atoms with van der Waals surface area (Å²) in [5, 5.41) is 0. The van der Waals surface area contributed by atoms with Gasteiger partial charge in [-0.15, -0.1) is 0 Å². The van der Waals surface area contributed by atoms with E-state index in [0.717, 1.165) is 30.6 Å². The van der Waals surface area contributed by atoms with E-state index in [-0.39, 0.29) is 0 Å². The number of likely N-dealkylation sites (tertiary alicyclic amines) is 1. The van der Waals surface area contributed by atoms with E-state index < -0.39 is 0 Å². The van der Waals surface area contributed by atoms with E-state index in [9.17, 15) is 4.79 Å². The van der Waals surface area contributed by atoms with Crippen LogP contribution in [0.15, 0.2) is 24.5 Å². The maximum atomic E-state index is 11.1. The quantitative estimate of drug-likeness (QED) is 0.793. The number of hydrogen-bond acceptors (Lipinski definition) is 3. The fourth-order valence-electron chi connectivity index (χ4n) is 3.09. The van der Waals surface area contributed by atoms with Crippen LogP contribution in [0, 0.1) is 0 Å². The van der Waals surface area contributed by atoms with Crippen LogP contribution in [0.3, 0.4) is 0 Å². The van der Waals surface area contributed by atoms with E-state index in [1.165, 1.54) is 6.42 Å². The number of nitrogens with zero attached hydrogens (tertiary/aromatic N) is 3. The Labute approximate surface area is 113 Å². The highest BCUT2D eigenvalue weighted by Crippen LogP contribution is 2.33. The first-order chi connectivity index (χ1) is 9.22. The number of carbonyl (C=O) groups excluding carboxylic acids is 1. The molecule has 100 valence electrons. The summed E-state index contributed by atoms with van der Waals surface area (Å²) < 4.78 is 2.06. The van der Waals surface area contributed by atoms with Crippen molar-refractivity contribution < 1.29 is 4.79 Å². The third-order valence-corrected chi connectivity index (χ3v) is 4.01. The zero-order chi connectivity index (χ0) is 13.4. The molecule has 0 amide bonds. The highest BCUT2D eigenvalue weighted by Gasteiger charge is 2.30. The molecule has 0 bridgehead atoms. The van der Waals surface area contributed by atoms with Crippen LogP contribution >= 0.6 is 0 Å². The van der Waals surface area contributed by atoms with Crippen molar-refractivity contribution in [1.29, 1.82) is 0 Å². The molecule has 3 rings (SSSR count). The van der Waals surface area contributed by atoms with Crippen LogP contribution in [0.2, 0.25) is 0 Å². The first-order valence-corrected chi connectivity index (χ1v) is 6.89. The number of rotatable bonds is 3. The topological polar surface area (TPSA) is 37.6 Å². The lowest BCUT2D eigenvalue weighted by molar-refractivity contribution is 0.112. The van der Waals surface area contributed by atoms with E-state index >= 15 is 0 Å². The van der Waals surface area contributed by atoms with E-state index in [4.69, 9.17) is 0 Å². The highest BCUT2D eigenvalue weighted by molar-refractivity contribution is 5.85. The van der Waals surface area contributed by atoms with Crippen LogP contribution in [0.5, 0.6) is 0 Å². The van der Waals surface area contributed by atoms with Crippen LogP contribution in [-0.4, -0.2) is 33.2 Å². The number of pyridine rings is 1. The summed E-state index contributed by atoms with van der Waals surface area (Å²) in [4.78, 5) is 18.1. The fourth-order valence-corrected chi connectivity index (χ4v) is 3.09. The smallest absolute Gasteiger partial charge is 0.152 e. The molecule has 2 aromatic rings. The fraction of sp³-hybridized carbons (Fsp3) is 0.467. The summed E-state index contributed by atoms with van der Waals surface area (Å²) >= 11 is 0. The first-order valence-electron chi connectivity index (χ1n) is 6.89. The normalized spacial score (nSPS) is 20.5. The van der Waals surface area contributed by atoms with Crippen molar-refractivity contribution in [3.63, 3.8) is 0 Å². The van der Waals surface area contributed by atoms with Crippen LogP contribution in [-0.2, 0) is 0 Å². The Kier molecular flexibility index (Phi) is 3.11. The molecule has 1 saturated heterocycles. The third kappa shape index (κ3) is 1.96. The Morgan fingerprint density at radius 2 is 2.32 bits per heavy atom. The van der Waals surface area contributed by atoms with Gasteiger partial charge < -0.3 is 4.40 Å². The SMILES string of the molecule is CC(C)N1CCCC1c1ncc2c(C=O)cccn12. The van der Waals surface area contributed by atoms with E-state index in [2.05, 4.69) is 28.1 Å². The van der Waals surface area contributed by atoms with Gasteiger partial charge in [0.1, 0.15) is 5.82 Å². The van der Waals surface area contributed by atoms with Crippen LogP contribution in [0.25, 0.3) is 5.52 Å². The lowest BCUT2D eigenvalue weighted by Gasteiger charge is -2.27. The van der Waals surface area contributed by atoms with Crippen molar-refractivity contribution in [2.45, 2.75) is 38.8 Å². The van der Waals surface area contributed by atoms with Crippen molar-refractivity contribution in [1.82, 2.24) is 14.3 Å². The van der Waals surface area contributed by atoms with E-state index in [0.29, 0.717) is 17.6 Å². The predicted molar refractivity (Wildman–Crippen MR) is 74.4 cm³/mol. The van der Waals surface area contributed by atoms with Gasteiger partial charge in [0, 0.05) is 17.8 Å². The van der Waals surface area contributed by atoms with Gasteiger partial charge in [0.05, 0.1) is 17.8 Å². The minimum atomic E-state index is 0.365. The summed E-state index contributed by atoms with van der Waals surface area (Å²) in [5.74, 6) is 1.06. The lowest BCUT2D eigenvalue weighted by atomic mass is 10.2. The summed E-state index contributed by atoms with van der Waals surface area (Å²) in [6.45, 7) is 5.58. The minimum Gasteiger partial charge on any atom is -0.302 e. The Bertz CT molecular complexity index is 602. The molecule has 0 saturated carbocycles. The van der Waals surface area contributed by atoms with E-state index in [1.54, 1.807) is 0 Å². The maximum absolute atomic E-state index is 11.1. The number of hydrogen-bond donors (Lipinski definition) is 0. The van der Waals surface area contributed by atoms with Gasteiger partial charge in [-0.05, 0) is 45.4 Å². The molecular weight excluding hydrogens is 238 g/mol. The maximum Gasteiger partial charge on any atom is 0.152 e. The molecule has 0 aliphatic carbocycles. The molecule has 3 heterocycles. The number of fused-ring (bicyclic) bond motifs is 1. The van der Waals surface area contributed by atoms with Crippen LogP contribution in [0.1, 0.15) is 48.9 Å². The summed E-state index contributed by atoms with van der Waals surface area (Å²) in [6.07, 6.45) is 7.07. The molecule has 0 aromatic carbocycles. The molecular formula is C15H19N3O. The van der Waals surface area contributed by atoms with Gasteiger partial charge in [0.15, 0.2) is 6.29 Å². The summed E-state index contributed by atoms with van der Waals surface area (Å²) in [6, 6.07) is 4.64. The second kappa shape index (κ2) is 4.78. The van der Waals surface area contributed by atoms with Gasteiger partial charge >= 0.3 is 0 Å². The lowest BCUT2D eigenvalue weighted by Crippen LogP contribution is -2.31. The van der Waals surface area contributed by atoms with Crippen molar-refractivity contribution in [3.8, 4) is 0 Å². The highest BCUT2D eigenvalue weighted by atomic mass is 16.1. The second-order valence-corrected chi connectivity index (χ2v) is 5.44. The largest absolute Gasteiger partial charge is 0.302 e. The minimum absolute atomic E-state index is 0.365. The van der Waals surface area contributed by atoms with Gasteiger partial charge in [-0.3, -0.25) is 9.69 Å². The number of carbonyl (C=O) groups is 1. The second-order valence-electron chi connectivity index (χ2n) is 5.44. The van der Waals surface area contributed by atoms with Gasteiger partial charge in [-0.1, -0.05) is 0 Å². The number of aromatic nitrogens is 2. The molecule has 1 unspecified atom stereocenters. The molecule has 19 heavy (non-hydrogen) atoms. The van der Waals surface area contributed by atoms with Gasteiger partial charge in [-0.2, -0.15) is 0 Å². The Balaban J connectivity index is 2.08. The monoisotopic (exact) mass is 257 g/mol. The average molecular weight is 257 g/mol. The Morgan fingerprint density at radius 3 is 3.05 bits per heavy atom. The summed E-state index contributed by atoms with van der Waals surface area (Å²) in [5.41, 5.74) is 1.61. The molecule has 0 spiro atoms. The van der Waals surface area contributed by atoms with Gasteiger partial charge in [0.25, 0.3) is 0 Å². The zero-order valence-electron chi connectivity index (χ0n) is 11.4. The molecule has 1 atom stereocenters. The van der Waals surface area contributed by atoms with Gasteiger partial charge in [-0.25, -0.2) is 4.98 Å². The molecule has 4 nitrogen and oxygen atoms in total. The molecule has 1 fully saturated rings. The molecule has 4 heteroatoms. The molecule has 0 N–H and O–H groups in total. The average Bonchev–Trinajstić information content (AvgIpc) is 3.03. The van der Waals surface area contributed by atoms with Crippen molar-refractivity contribution >= 4 is 11.8 Å². The van der Waals surface area contributed by atoms with Crippen LogP contribution in [0.4, 0.5) is 0 Å². The molecule has 1 aliphatic rings. The standard InChI is InChI=1S/C15H19N3O/c1-11(2)17-7-4-6-13(17)15-16-9-14-12(10-19)5-3-8-18(14)15/h3,5,8-11,13H,4,6-7H2,1-2H3. The Morgan fingerprint density at radius 1 is 1.47 bits per heavy atom. The first kappa shape index (κ1) is 12.4. The Hall–Kier alpha value is -1.68. The van der Waals surface area contributed by atoms with Crippen molar-refractivity contribution in [2.75, 3.05) is 6.54 Å².